The van der Waals surface area contributed by atoms with Gasteiger partial charge in [0.25, 0.3) is 0 Å². The largest absolute Gasteiger partial charge is 0.311 e. The first kappa shape index (κ1) is 14.0. The molecular weight excluding hydrogens is 242 g/mol. The summed E-state index contributed by atoms with van der Waals surface area (Å²) in [6, 6.07) is 1.22. The normalized spacial score (nSPS) is 25.8. The summed E-state index contributed by atoms with van der Waals surface area (Å²) in [6.07, 6.45) is 3.14. The van der Waals surface area contributed by atoms with Crippen LogP contribution in [-0.4, -0.2) is 35.1 Å². The van der Waals surface area contributed by atoms with Gasteiger partial charge in [0.15, 0.2) is 0 Å². The van der Waals surface area contributed by atoms with E-state index in [0.717, 1.165) is 26.1 Å². The van der Waals surface area contributed by atoms with E-state index in [2.05, 4.69) is 42.9 Å². The molecule has 4 heteroatoms. The average molecular weight is 267 g/mol. The molecule has 0 saturated carbocycles. The standard InChI is InChI=1S/C14H25N3S/c1-5-12-7-16-14(18-12)9-17-8-13(10(2)3)15-6-11(17)4/h7,10-11,13,15H,5-6,8-9H2,1-4H3. The highest BCUT2D eigenvalue weighted by Gasteiger charge is 2.27. The van der Waals surface area contributed by atoms with Crippen molar-refractivity contribution < 1.29 is 0 Å². The van der Waals surface area contributed by atoms with Gasteiger partial charge in [0, 0.05) is 36.2 Å². The molecule has 1 aromatic heterocycles. The van der Waals surface area contributed by atoms with E-state index in [1.54, 1.807) is 0 Å². The number of nitrogens with one attached hydrogen (secondary N) is 1. The van der Waals surface area contributed by atoms with Gasteiger partial charge >= 0.3 is 0 Å². The van der Waals surface area contributed by atoms with E-state index in [1.807, 2.05) is 17.5 Å². The lowest BCUT2D eigenvalue weighted by molar-refractivity contribution is 0.116. The minimum atomic E-state index is 0.606. The van der Waals surface area contributed by atoms with Gasteiger partial charge in [-0.25, -0.2) is 4.98 Å². The molecule has 1 aromatic rings. The summed E-state index contributed by atoms with van der Waals surface area (Å²) in [5, 5.41) is 4.91. The van der Waals surface area contributed by atoms with Crippen LogP contribution in [0.1, 0.15) is 37.6 Å². The van der Waals surface area contributed by atoms with Gasteiger partial charge in [-0.05, 0) is 19.3 Å². The van der Waals surface area contributed by atoms with Crippen LogP contribution in [0.15, 0.2) is 6.20 Å². The van der Waals surface area contributed by atoms with Crippen molar-refractivity contribution in [1.29, 1.82) is 0 Å². The highest BCUT2D eigenvalue weighted by Crippen LogP contribution is 2.19. The van der Waals surface area contributed by atoms with E-state index in [-0.39, 0.29) is 0 Å². The topological polar surface area (TPSA) is 28.2 Å². The van der Waals surface area contributed by atoms with Crippen LogP contribution in [0.3, 0.4) is 0 Å². The summed E-state index contributed by atoms with van der Waals surface area (Å²) in [6.45, 7) is 12.3. The van der Waals surface area contributed by atoms with Crippen LogP contribution in [0, 0.1) is 5.92 Å². The van der Waals surface area contributed by atoms with Crippen LogP contribution in [-0.2, 0) is 13.0 Å². The van der Waals surface area contributed by atoms with Gasteiger partial charge in [-0.15, -0.1) is 11.3 Å². The fraction of sp³-hybridized carbons (Fsp3) is 0.786. The van der Waals surface area contributed by atoms with Crippen LogP contribution >= 0.6 is 11.3 Å². The summed E-state index contributed by atoms with van der Waals surface area (Å²) >= 11 is 1.87. The van der Waals surface area contributed by atoms with Crippen LogP contribution in [0.25, 0.3) is 0 Å². The fourth-order valence-electron chi connectivity index (χ4n) is 2.37. The molecule has 1 N–H and O–H groups in total. The number of aromatic nitrogens is 1. The molecule has 2 unspecified atom stereocenters. The Bertz CT molecular complexity index is 375. The van der Waals surface area contributed by atoms with E-state index >= 15 is 0 Å². The smallest absolute Gasteiger partial charge is 0.107 e. The van der Waals surface area contributed by atoms with Crippen molar-refractivity contribution in [3.63, 3.8) is 0 Å². The lowest BCUT2D eigenvalue weighted by Gasteiger charge is -2.40. The van der Waals surface area contributed by atoms with Crippen molar-refractivity contribution in [1.82, 2.24) is 15.2 Å². The van der Waals surface area contributed by atoms with Crippen molar-refractivity contribution in [3.8, 4) is 0 Å². The van der Waals surface area contributed by atoms with Gasteiger partial charge in [0.1, 0.15) is 5.01 Å². The Hall–Kier alpha value is -0.450. The molecule has 3 nitrogen and oxygen atoms in total. The Labute approximate surface area is 115 Å². The second-order valence-electron chi connectivity index (χ2n) is 5.61. The zero-order chi connectivity index (χ0) is 13.1. The number of hydrogen-bond donors (Lipinski definition) is 1. The number of rotatable bonds is 4. The SMILES string of the molecule is CCc1cnc(CN2CC(C(C)C)NCC2C)s1. The first-order chi connectivity index (χ1) is 8.60. The fourth-order valence-corrected chi connectivity index (χ4v) is 3.26. The lowest BCUT2D eigenvalue weighted by atomic mass is 10.00. The van der Waals surface area contributed by atoms with E-state index in [4.69, 9.17) is 0 Å². The van der Waals surface area contributed by atoms with E-state index < -0.39 is 0 Å². The molecule has 2 heterocycles. The second-order valence-corrected chi connectivity index (χ2v) is 6.81. The third-order valence-corrected chi connectivity index (χ3v) is 4.95. The molecule has 0 spiro atoms. The lowest BCUT2D eigenvalue weighted by Crippen LogP contribution is -2.56. The molecule has 0 amide bonds. The Morgan fingerprint density at radius 2 is 2.33 bits per heavy atom. The number of aryl methyl sites for hydroxylation is 1. The molecule has 1 aliphatic rings. The quantitative estimate of drug-likeness (QED) is 0.908. The predicted octanol–water partition coefficient (Wildman–Crippen LogP) is 2.52. The zero-order valence-corrected chi connectivity index (χ0v) is 12.8. The molecule has 2 rings (SSSR count). The Balaban J connectivity index is 1.97. The first-order valence-corrected chi connectivity index (χ1v) is 7.82. The van der Waals surface area contributed by atoms with E-state index in [0.29, 0.717) is 18.0 Å². The van der Waals surface area contributed by atoms with Crippen molar-refractivity contribution in [2.75, 3.05) is 13.1 Å². The summed E-state index contributed by atoms with van der Waals surface area (Å²) in [5.41, 5.74) is 0. The van der Waals surface area contributed by atoms with Crippen molar-refractivity contribution in [2.45, 2.75) is 52.7 Å². The third kappa shape index (κ3) is 3.31. The number of piperazine rings is 1. The first-order valence-electron chi connectivity index (χ1n) is 7.01. The maximum Gasteiger partial charge on any atom is 0.107 e. The molecule has 0 aliphatic carbocycles. The van der Waals surface area contributed by atoms with Gasteiger partial charge < -0.3 is 5.32 Å². The molecule has 18 heavy (non-hydrogen) atoms. The maximum atomic E-state index is 4.54. The average Bonchev–Trinajstić information content (AvgIpc) is 2.79. The van der Waals surface area contributed by atoms with Gasteiger partial charge in [-0.3, -0.25) is 4.90 Å². The molecule has 1 aliphatic heterocycles. The summed E-state index contributed by atoms with van der Waals surface area (Å²) in [4.78, 5) is 8.51. The third-order valence-electron chi connectivity index (χ3n) is 3.82. The molecular formula is C14H25N3S. The summed E-state index contributed by atoms with van der Waals surface area (Å²) < 4.78 is 0. The second kappa shape index (κ2) is 6.13. The van der Waals surface area contributed by atoms with E-state index in [9.17, 15) is 0 Å². The van der Waals surface area contributed by atoms with Gasteiger partial charge in [-0.1, -0.05) is 20.8 Å². The van der Waals surface area contributed by atoms with Crippen molar-refractivity contribution in [3.05, 3.63) is 16.1 Å². The monoisotopic (exact) mass is 267 g/mol. The number of hydrogen-bond acceptors (Lipinski definition) is 4. The van der Waals surface area contributed by atoms with Crippen LogP contribution in [0.4, 0.5) is 0 Å². The molecule has 1 fully saturated rings. The van der Waals surface area contributed by atoms with E-state index in [1.165, 1.54) is 9.88 Å². The van der Waals surface area contributed by atoms with Gasteiger partial charge in [0.05, 0.1) is 6.54 Å². The maximum absolute atomic E-state index is 4.54. The number of thiazole rings is 1. The minimum absolute atomic E-state index is 0.606. The molecule has 0 aromatic carbocycles. The highest BCUT2D eigenvalue weighted by atomic mass is 32.1. The van der Waals surface area contributed by atoms with Crippen molar-refractivity contribution >= 4 is 11.3 Å². The minimum Gasteiger partial charge on any atom is -0.311 e. The van der Waals surface area contributed by atoms with Gasteiger partial charge in [-0.2, -0.15) is 0 Å². The zero-order valence-electron chi connectivity index (χ0n) is 11.9. The summed E-state index contributed by atoms with van der Waals surface area (Å²) in [7, 11) is 0. The molecule has 102 valence electrons. The van der Waals surface area contributed by atoms with Crippen LogP contribution < -0.4 is 5.32 Å². The Morgan fingerprint density at radius 1 is 1.56 bits per heavy atom. The van der Waals surface area contributed by atoms with Gasteiger partial charge in [0.2, 0.25) is 0 Å². The van der Waals surface area contributed by atoms with Crippen molar-refractivity contribution in [2.24, 2.45) is 5.92 Å². The number of nitrogens with zero attached hydrogens (tertiary/aromatic N) is 2. The molecule has 0 bridgehead atoms. The predicted molar refractivity (Wildman–Crippen MR) is 78.0 cm³/mol. The van der Waals surface area contributed by atoms with Crippen LogP contribution in [0.5, 0.6) is 0 Å². The molecule has 1 saturated heterocycles. The Kier molecular flexibility index (Phi) is 4.76. The van der Waals surface area contributed by atoms with Crippen LogP contribution in [0.2, 0.25) is 0 Å². The molecule has 2 atom stereocenters. The summed E-state index contributed by atoms with van der Waals surface area (Å²) in [5.74, 6) is 0.697. The highest BCUT2D eigenvalue weighted by molar-refractivity contribution is 7.11. The molecule has 0 radical (unpaired) electrons. The Morgan fingerprint density at radius 3 is 2.94 bits per heavy atom.